The minimum atomic E-state index is -1.11. The number of nitrogens with zero attached hydrogens (tertiary/aromatic N) is 1. The van der Waals surface area contributed by atoms with Crippen molar-refractivity contribution in [1.29, 1.82) is 0 Å². The second kappa shape index (κ2) is 4.46. The van der Waals surface area contributed by atoms with Gasteiger partial charge in [-0.2, -0.15) is 0 Å². The third kappa shape index (κ3) is 3.12. The van der Waals surface area contributed by atoms with Crippen molar-refractivity contribution in [2.24, 2.45) is 0 Å². The molecule has 72 valence electrons. The van der Waals surface area contributed by atoms with Gasteiger partial charge in [-0.25, -0.2) is 4.79 Å². The molecule has 0 aromatic carbocycles. The predicted octanol–water partition coefficient (Wildman–Crippen LogP) is 0.366. The Balaban J connectivity index is 2.26. The van der Waals surface area contributed by atoms with E-state index in [-0.39, 0.29) is 13.0 Å². The molecule has 1 heterocycles. The Morgan fingerprint density at radius 3 is 3.08 bits per heavy atom. The Hall–Kier alpha value is -1.56. The number of amides is 1. The zero-order chi connectivity index (χ0) is 9.68. The highest BCUT2D eigenvalue weighted by Gasteiger charge is 2.10. The fourth-order valence-corrected chi connectivity index (χ4v) is 0.856. The van der Waals surface area contributed by atoms with E-state index in [2.05, 4.69) is 15.0 Å². The minimum absolute atomic E-state index is 0.178. The van der Waals surface area contributed by atoms with E-state index in [9.17, 15) is 9.90 Å². The first-order chi connectivity index (χ1) is 6.20. The Kier molecular flexibility index (Phi) is 3.27. The lowest BCUT2D eigenvalue weighted by Gasteiger charge is -2.05. The van der Waals surface area contributed by atoms with Gasteiger partial charge in [-0.3, -0.25) is 0 Å². The molecule has 0 aliphatic carbocycles. The van der Waals surface area contributed by atoms with Gasteiger partial charge in [0, 0.05) is 12.6 Å². The molecule has 3 N–H and O–H groups in total. The van der Waals surface area contributed by atoms with Gasteiger partial charge in [-0.15, -0.1) is 0 Å². The average molecular weight is 186 g/mol. The van der Waals surface area contributed by atoms with E-state index in [0.29, 0.717) is 5.76 Å². The van der Waals surface area contributed by atoms with Crippen LogP contribution >= 0.6 is 0 Å². The van der Waals surface area contributed by atoms with Gasteiger partial charge < -0.3 is 20.1 Å². The highest BCUT2D eigenvalue weighted by atomic mass is 16.5. The van der Waals surface area contributed by atoms with Crippen LogP contribution in [0, 0.1) is 0 Å². The molecule has 0 saturated heterocycles. The Morgan fingerprint density at radius 2 is 2.54 bits per heavy atom. The van der Waals surface area contributed by atoms with Crippen LogP contribution in [0.2, 0.25) is 0 Å². The van der Waals surface area contributed by atoms with Gasteiger partial charge >= 0.3 is 6.09 Å². The van der Waals surface area contributed by atoms with Gasteiger partial charge in [0.15, 0.2) is 5.76 Å². The molecule has 0 spiro atoms. The van der Waals surface area contributed by atoms with Crippen molar-refractivity contribution in [3.8, 4) is 0 Å². The number of carbonyl (C=O) groups is 1. The van der Waals surface area contributed by atoms with Crippen LogP contribution in [0.5, 0.6) is 0 Å². The van der Waals surface area contributed by atoms with Crippen molar-refractivity contribution in [3.63, 3.8) is 0 Å². The highest BCUT2D eigenvalue weighted by Crippen LogP contribution is 2.14. The molecule has 0 radical (unpaired) electrons. The van der Waals surface area contributed by atoms with Crippen LogP contribution in [0.15, 0.2) is 16.8 Å². The average Bonchev–Trinajstić information content (AvgIpc) is 2.55. The minimum Gasteiger partial charge on any atom is -0.465 e. The second-order valence-electron chi connectivity index (χ2n) is 2.45. The molecule has 1 rings (SSSR count). The summed E-state index contributed by atoms with van der Waals surface area (Å²) in [5, 5.41) is 23.1. The smallest absolute Gasteiger partial charge is 0.404 e. The van der Waals surface area contributed by atoms with E-state index in [1.54, 1.807) is 0 Å². The lowest BCUT2D eigenvalue weighted by atomic mass is 10.2. The number of rotatable bonds is 4. The fraction of sp³-hybridized carbons (Fsp3) is 0.429. The van der Waals surface area contributed by atoms with Crippen molar-refractivity contribution < 1.29 is 19.5 Å². The molecule has 1 aromatic rings. The van der Waals surface area contributed by atoms with Crippen LogP contribution in [-0.4, -0.2) is 28.0 Å². The van der Waals surface area contributed by atoms with Crippen molar-refractivity contribution in [1.82, 2.24) is 10.5 Å². The first kappa shape index (κ1) is 9.53. The molecule has 1 amide bonds. The maximum absolute atomic E-state index is 10.0. The number of aromatic nitrogens is 1. The molecule has 0 saturated carbocycles. The summed E-state index contributed by atoms with van der Waals surface area (Å²) in [7, 11) is 0. The third-order valence-electron chi connectivity index (χ3n) is 1.48. The van der Waals surface area contributed by atoms with Crippen LogP contribution < -0.4 is 5.32 Å². The molecule has 6 nitrogen and oxygen atoms in total. The second-order valence-corrected chi connectivity index (χ2v) is 2.45. The van der Waals surface area contributed by atoms with Gasteiger partial charge in [-0.05, 0) is 6.42 Å². The number of aliphatic hydroxyl groups is 1. The van der Waals surface area contributed by atoms with E-state index in [4.69, 9.17) is 5.11 Å². The summed E-state index contributed by atoms with van der Waals surface area (Å²) >= 11 is 0. The number of carboxylic acid groups (broad SMARTS) is 1. The van der Waals surface area contributed by atoms with Crippen molar-refractivity contribution in [2.75, 3.05) is 6.54 Å². The van der Waals surface area contributed by atoms with Crippen LogP contribution in [-0.2, 0) is 0 Å². The lowest BCUT2D eigenvalue weighted by Crippen LogP contribution is -2.23. The Morgan fingerprint density at radius 1 is 1.77 bits per heavy atom. The molecule has 0 aliphatic heterocycles. The van der Waals surface area contributed by atoms with E-state index < -0.39 is 12.2 Å². The zero-order valence-corrected chi connectivity index (χ0v) is 6.80. The van der Waals surface area contributed by atoms with E-state index >= 15 is 0 Å². The molecule has 0 bridgehead atoms. The molecule has 1 atom stereocenters. The maximum atomic E-state index is 10.0. The fourth-order valence-electron chi connectivity index (χ4n) is 0.856. The third-order valence-corrected chi connectivity index (χ3v) is 1.48. The van der Waals surface area contributed by atoms with E-state index in [1.165, 1.54) is 12.3 Å². The van der Waals surface area contributed by atoms with Crippen LogP contribution in [0.1, 0.15) is 18.3 Å². The van der Waals surface area contributed by atoms with Crippen molar-refractivity contribution in [2.45, 2.75) is 12.5 Å². The summed E-state index contributed by atoms with van der Waals surface area (Å²) in [6.45, 7) is 0.178. The summed E-state index contributed by atoms with van der Waals surface area (Å²) in [5.41, 5.74) is 0. The topological polar surface area (TPSA) is 95.6 Å². The summed E-state index contributed by atoms with van der Waals surface area (Å²) in [5.74, 6) is 0.340. The number of hydrogen-bond donors (Lipinski definition) is 3. The molecule has 0 unspecified atom stereocenters. The number of hydrogen-bond acceptors (Lipinski definition) is 4. The lowest BCUT2D eigenvalue weighted by molar-refractivity contribution is 0.129. The van der Waals surface area contributed by atoms with Gasteiger partial charge in [0.1, 0.15) is 6.10 Å². The summed E-state index contributed by atoms with van der Waals surface area (Å²) in [4.78, 5) is 10.0. The van der Waals surface area contributed by atoms with Crippen LogP contribution in [0.4, 0.5) is 4.79 Å². The normalized spacial score (nSPS) is 12.4. The maximum Gasteiger partial charge on any atom is 0.404 e. The van der Waals surface area contributed by atoms with Gasteiger partial charge in [0.05, 0.1) is 6.20 Å². The zero-order valence-electron chi connectivity index (χ0n) is 6.80. The molecule has 6 heteroatoms. The predicted molar refractivity (Wildman–Crippen MR) is 42.1 cm³/mol. The van der Waals surface area contributed by atoms with E-state index in [0.717, 1.165) is 0 Å². The van der Waals surface area contributed by atoms with Gasteiger partial charge in [-0.1, -0.05) is 5.16 Å². The first-order valence-electron chi connectivity index (χ1n) is 3.75. The SMILES string of the molecule is O=C(O)NCC[C@@H](O)c1ccno1. The molecular weight excluding hydrogens is 176 g/mol. The number of nitrogens with one attached hydrogen (secondary N) is 1. The quantitative estimate of drug-likeness (QED) is 0.631. The van der Waals surface area contributed by atoms with Crippen LogP contribution in [0.3, 0.4) is 0 Å². The van der Waals surface area contributed by atoms with Crippen molar-refractivity contribution >= 4 is 6.09 Å². The largest absolute Gasteiger partial charge is 0.465 e. The summed E-state index contributed by atoms with van der Waals surface area (Å²) < 4.78 is 4.68. The Labute approximate surface area is 74.2 Å². The molecule has 1 aromatic heterocycles. The Bertz CT molecular complexity index is 259. The molecule has 0 fully saturated rings. The summed E-state index contributed by atoms with van der Waals surface area (Å²) in [6.07, 6.45) is -0.232. The highest BCUT2D eigenvalue weighted by molar-refractivity contribution is 5.64. The molecule has 13 heavy (non-hydrogen) atoms. The van der Waals surface area contributed by atoms with Gasteiger partial charge in [0.2, 0.25) is 0 Å². The van der Waals surface area contributed by atoms with Crippen molar-refractivity contribution in [3.05, 3.63) is 18.0 Å². The van der Waals surface area contributed by atoms with Crippen LogP contribution in [0.25, 0.3) is 0 Å². The summed E-state index contributed by atoms with van der Waals surface area (Å²) in [6, 6.07) is 1.53. The molecule has 0 aliphatic rings. The first-order valence-corrected chi connectivity index (χ1v) is 3.75. The molecular formula is C7H10N2O4. The number of aliphatic hydroxyl groups excluding tert-OH is 1. The standard InChI is InChI=1S/C7H10N2O4/c10-5(1-3-8-7(11)12)6-2-4-9-13-6/h2,4-5,8,10H,1,3H2,(H,11,12)/t5-/m1/s1. The monoisotopic (exact) mass is 186 g/mol. The van der Waals surface area contributed by atoms with E-state index in [1.807, 2.05) is 0 Å². The van der Waals surface area contributed by atoms with Gasteiger partial charge in [0.25, 0.3) is 0 Å².